The van der Waals surface area contributed by atoms with Crippen LogP contribution in [0.5, 0.6) is 5.75 Å². The molecule has 2 aromatic carbocycles. The second-order valence-corrected chi connectivity index (χ2v) is 9.77. The molecule has 0 saturated carbocycles. The van der Waals surface area contributed by atoms with Crippen molar-refractivity contribution >= 4 is 33.3 Å². The molecule has 1 fully saturated rings. The number of rotatable bonds is 6. The van der Waals surface area contributed by atoms with Crippen molar-refractivity contribution in [3.05, 3.63) is 64.8 Å². The molecule has 1 saturated heterocycles. The molecule has 0 radical (unpaired) electrons. The number of nitrogens with zero attached hydrogens (tertiary/aromatic N) is 3. The van der Waals surface area contributed by atoms with Gasteiger partial charge in [-0.3, -0.25) is 4.79 Å². The number of hydrogen-bond donors (Lipinski definition) is 1. The average Bonchev–Trinajstić information content (AvgIpc) is 3.19. The van der Waals surface area contributed by atoms with E-state index in [1.165, 1.54) is 29.6 Å². The number of benzene rings is 2. The third-order valence-electron chi connectivity index (χ3n) is 5.15. The molecule has 11 heteroatoms. The van der Waals surface area contributed by atoms with Gasteiger partial charge in [0.05, 0.1) is 42.2 Å². The van der Waals surface area contributed by atoms with E-state index in [1.54, 1.807) is 35.9 Å². The summed E-state index contributed by atoms with van der Waals surface area (Å²) in [6.45, 7) is 2.97. The van der Waals surface area contributed by atoms with Crippen molar-refractivity contribution in [2.75, 3.05) is 38.7 Å². The minimum absolute atomic E-state index is 0.00915. The van der Waals surface area contributed by atoms with E-state index in [0.29, 0.717) is 35.4 Å². The smallest absolute Gasteiger partial charge is 0.260 e. The maximum Gasteiger partial charge on any atom is 0.260 e. The van der Waals surface area contributed by atoms with Crippen LogP contribution in [0.1, 0.15) is 16.1 Å². The average molecular weight is 491 g/mol. The van der Waals surface area contributed by atoms with Crippen LogP contribution in [-0.4, -0.2) is 61.8 Å². The zero-order valence-corrected chi connectivity index (χ0v) is 19.7. The van der Waals surface area contributed by atoms with Crippen LogP contribution < -0.4 is 10.1 Å². The fourth-order valence-electron chi connectivity index (χ4n) is 3.54. The third kappa shape index (κ3) is 4.88. The second-order valence-electron chi connectivity index (χ2n) is 7.40. The predicted molar refractivity (Wildman–Crippen MR) is 124 cm³/mol. The molecule has 0 atom stereocenters. The number of anilines is 1. The van der Waals surface area contributed by atoms with Gasteiger partial charge in [0.2, 0.25) is 10.0 Å². The van der Waals surface area contributed by atoms with Gasteiger partial charge in [-0.05, 0) is 43.3 Å². The Morgan fingerprint density at radius 3 is 2.61 bits per heavy atom. The number of aromatic nitrogens is 2. The molecule has 174 valence electrons. The van der Waals surface area contributed by atoms with E-state index in [2.05, 4.69) is 10.4 Å². The van der Waals surface area contributed by atoms with Crippen molar-refractivity contribution in [1.82, 2.24) is 14.1 Å². The number of carbonyl (C=O) groups is 1. The highest BCUT2D eigenvalue weighted by molar-refractivity contribution is 7.89. The van der Waals surface area contributed by atoms with Crippen LogP contribution in [0.3, 0.4) is 0 Å². The SMILES string of the molecule is COc1ccc(S(=O)(=O)N2CCOCC2)cc1C(=O)Nc1cc(C)nn1-c1cccc(Cl)c1. The quantitative estimate of drug-likeness (QED) is 0.569. The molecule has 1 amide bonds. The number of methoxy groups -OCH3 is 1. The van der Waals surface area contributed by atoms with E-state index in [1.807, 2.05) is 6.07 Å². The highest BCUT2D eigenvalue weighted by Gasteiger charge is 2.28. The molecule has 1 N–H and O–H groups in total. The second kappa shape index (κ2) is 9.52. The number of aryl methyl sites for hydroxylation is 1. The first-order valence-corrected chi connectivity index (χ1v) is 12.0. The number of hydrogen-bond acceptors (Lipinski definition) is 6. The van der Waals surface area contributed by atoms with Crippen LogP contribution >= 0.6 is 11.6 Å². The zero-order valence-electron chi connectivity index (χ0n) is 18.1. The van der Waals surface area contributed by atoms with Crippen molar-refractivity contribution in [2.24, 2.45) is 0 Å². The summed E-state index contributed by atoms with van der Waals surface area (Å²) in [5.41, 5.74) is 1.44. The molecule has 0 unspecified atom stereocenters. The van der Waals surface area contributed by atoms with Crippen molar-refractivity contribution < 1.29 is 22.7 Å². The van der Waals surface area contributed by atoms with Crippen molar-refractivity contribution in [1.29, 1.82) is 0 Å². The van der Waals surface area contributed by atoms with Gasteiger partial charge in [0.1, 0.15) is 11.6 Å². The Bertz CT molecular complexity index is 1290. The van der Waals surface area contributed by atoms with E-state index in [4.69, 9.17) is 21.1 Å². The number of sulfonamides is 1. The summed E-state index contributed by atoms with van der Waals surface area (Å²) in [4.78, 5) is 13.2. The molecule has 1 aliphatic heterocycles. The van der Waals surface area contributed by atoms with Gasteiger partial charge in [0.25, 0.3) is 5.91 Å². The molecular formula is C22H23ClN4O5S. The molecule has 3 aromatic rings. The number of amides is 1. The molecule has 2 heterocycles. The molecule has 1 aliphatic rings. The van der Waals surface area contributed by atoms with Crippen LogP contribution in [-0.2, 0) is 14.8 Å². The fraction of sp³-hybridized carbons (Fsp3) is 0.273. The molecule has 9 nitrogen and oxygen atoms in total. The topological polar surface area (TPSA) is 103 Å². The maximum atomic E-state index is 13.2. The fourth-order valence-corrected chi connectivity index (χ4v) is 5.16. The minimum atomic E-state index is -3.78. The Labute approximate surface area is 196 Å². The summed E-state index contributed by atoms with van der Waals surface area (Å²) in [6.07, 6.45) is 0. The summed E-state index contributed by atoms with van der Waals surface area (Å²) >= 11 is 6.11. The highest BCUT2D eigenvalue weighted by atomic mass is 35.5. The summed E-state index contributed by atoms with van der Waals surface area (Å²) in [7, 11) is -2.36. The first-order chi connectivity index (χ1) is 15.8. The van der Waals surface area contributed by atoms with Crippen LogP contribution in [0.4, 0.5) is 5.82 Å². The van der Waals surface area contributed by atoms with Crippen molar-refractivity contribution in [3.8, 4) is 11.4 Å². The van der Waals surface area contributed by atoms with E-state index < -0.39 is 15.9 Å². The van der Waals surface area contributed by atoms with Gasteiger partial charge < -0.3 is 14.8 Å². The zero-order chi connectivity index (χ0) is 23.6. The largest absolute Gasteiger partial charge is 0.496 e. The van der Waals surface area contributed by atoms with Gasteiger partial charge in [-0.15, -0.1) is 0 Å². The maximum absolute atomic E-state index is 13.2. The van der Waals surface area contributed by atoms with Crippen LogP contribution in [0.2, 0.25) is 5.02 Å². The third-order valence-corrected chi connectivity index (χ3v) is 7.28. The Kier molecular flexibility index (Phi) is 6.71. The normalized spacial score (nSPS) is 14.8. The lowest BCUT2D eigenvalue weighted by atomic mass is 10.2. The van der Waals surface area contributed by atoms with E-state index >= 15 is 0 Å². The molecule has 33 heavy (non-hydrogen) atoms. The van der Waals surface area contributed by atoms with Gasteiger partial charge in [-0.25, -0.2) is 13.1 Å². The first-order valence-electron chi connectivity index (χ1n) is 10.2. The molecular weight excluding hydrogens is 468 g/mol. The van der Waals surface area contributed by atoms with Crippen molar-refractivity contribution in [2.45, 2.75) is 11.8 Å². The number of ether oxygens (including phenoxy) is 2. The van der Waals surface area contributed by atoms with Crippen LogP contribution in [0.15, 0.2) is 53.4 Å². The van der Waals surface area contributed by atoms with E-state index in [0.717, 1.165) is 0 Å². The van der Waals surface area contributed by atoms with Crippen molar-refractivity contribution in [3.63, 3.8) is 0 Å². The van der Waals surface area contributed by atoms with Gasteiger partial charge in [-0.1, -0.05) is 17.7 Å². The van der Waals surface area contributed by atoms with Gasteiger partial charge in [-0.2, -0.15) is 9.40 Å². The van der Waals surface area contributed by atoms with Gasteiger partial charge in [0.15, 0.2) is 0 Å². The predicted octanol–water partition coefficient (Wildman–Crippen LogP) is 3.12. The summed E-state index contributed by atoms with van der Waals surface area (Å²) < 4.78 is 39.6. The number of carbonyl (C=O) groups excluding carboxylic acids is 1. The Morgan fingerprint density at radius 2 is 1.91 bits per heavy atom. The summed E-state index contributed by atoms with van der Waals surface area (Å²) in [5.74, 6) is 0.122. The van der Waals surface area contributed by atoms with E-state index in [9.17, 15) is 13.2 Å². The number of nitrogens with one attached hydrogen (secondary N) is 1. The summed E-state index contributed by atoms with van der Waals surface area (Å²) in [5, 5.41) is 7.76. The van der Waals surface area contributed by atoms with Gasteiger partial charge >= 0.3 is 0 Å². The minimum Gasteiger partial charge on any atom is -0.496 e. The first kappa shape index (κ1) is 23.2. The molecule has 0 bridgehead atoms. The van der Waals surface area contributed by atoms with Crippen LogP contribution in [0.25, 0.3) is 5.69 Å². The number of halogens is 1. The lowest BCUT2D eigenvalue weighted by Crippen LogP contribution is -2.40. The monoisotopic (exact) mass is 490 g/mol. The van der Waals surface area contributed by atoms with E-state index in [-0.39, 0.29) is 29.3 Å². The highest BCUT2D eigenvalue weighted by Crippen LogP contribution is 2.27. The Hall–Kier alpha value is -2.92. The van der Waals surface area contributed by atoms with Gasteiger partial charge in [0, 0.05) is 24.2 Å². The molecule has 0 aliphatic carbocycles. The lowest BCUT2D eigenvalue weighted by molar-refractivity contribution is 0.0730. The molecule has 1 aromatic heterocycles. The van der Waals surface area contributed by atoms with Crippen LogP contribution in [0, 0.1) is 6.92 Å². The molecule has 0 spiro atoms. The standard InChI is InChI=1S/C22H23ClN4O5S/c1-15-12-21(27(25-15)17-5-3-4-16(23)13-17)24-22(28)19-14-18(6-7-20(19)31-2)33(29,30)26-8-10-32-11-9-26/h3-7,12-14H,8-11H2,1-2H3,(H,24,28). The number of morpholine rings is 1. The Balaban J connectivity index is 1.67. The lowest BCUT2D eigenvalue weighted by Gasteiger charge is -2.26. The Morgan fingerprint density at radius 1 is 1.15 bits per heavy atom. The molecule has 4 rings (SSSR count). The summed E-state index contributed by atoms with van der Waals surface area (Å²) in [6, 6.07) is 13.0.